The maximum absolute atomic E-state index is 12.7. The maximum Gasteiger partial charge on any atom is 0.255 e. The van der Waals surface area contributed by atoms with Crippen molar-refractivity contribution < 1.29 is 22.8 Å². The molecule has 28 heavy (non-hydrogen) atoms. The number of methoxy groups -OCH3 is 1. The quantitative estimate of drug-likeness (QED) is 0.570. The molecule has 0 atom stereocenters. The number of nitrogens with one attached hydrogen (secondary N) is 2. The summed E-state index contributed by atoms with van der Waals surface area (Å²) < 4.78 is 28.4. The molecule has 0 unspecified atom stereocenters. The Kier molecular flexibility index (Phi) is 7.56. The van der Waals surface area contributed by atoms with Crippen molar-refractivity contribution in [3.05, 3.63) is 59.2 Å². The highest BCUT2D eigenvalue weighted by atomic mass is 32.2. The first-order valence-electron chi connectivity index (χ1n) is 9.19. The van der Waals surface area contributed by atoms with E-state index in [-0.39, 0.29) is 16.2 Å². The molecule has 2 aromatic carbocycles. The number of ether oxygens (including phenoxy) is 1. The number of primary sulfonamides is 1. The second-order valence-corrected chi connectivity index (χ2v) is 8.05. The molecule has 1 amide bonds. The van der Waals surface area contributed by atoms with E-state index in [4.69, 9.17) is 9.88 Å². The highest BCUT2D eigenvalue weighted by Gasteiger charge is 2.18. The summed E-state index contributed by atoms with van der Waals surface area (Å²) in [7, 11) is -2.49. The average molecular weight is 407 g/mol. The summed E-state index contributed by atoms with van der Waals surface area (Å²) in [5.41, 5.74) is 2.32. The molecule has 0 bridgehead atoms. The predicted molar refractivity (Wildman–Crippen MR) is 108 cm³/mol. The monoisotopic (exact) mass is 406 g/mol. The van der Waals surface area contributed by atoms with Crippen LogP contribution < -0.4 is 20.1 Å². The van der Waals surface area contributed by atoms with E-state index in [1.54, 1.807) is 0 Å². The fraction of sp³-hybridized carbons (Fsp3) is 0.350. The van der Waals surface area contributed by atoms with Gasteiger partial charge >= 0.3 is 0 Å². The van der Waals surface area contributed by atoms with Crippen molar-refractivity contribution >= 4 is 15.9 Å². The van der Waals surface area contributed by atoms with Gasteiger partial charge in [0.2, 0.25) is 10.0 Å². The van der Waals surface area contributed by atoms with Gasteiger partial charge in [-0.05, 0) is 37.6 Å². The third kappa shape index (κ3) is 5.54. The first-order chi connectivity index (χ1) is 13.3. The van der Waals surface area contributed by atoms with E-state index in [0.29, 0.717) is 6.54 Å². The summed E-state index contributed by atoms with van der Waals surface area (Å²) in [6, 6.07) is 11.9. The third-order valence-electron chi connectivity index (χ3n) is 4.74. The largest absolute Gasteiger partial charge is 0.496 e. The van der Waals surface area contributed by atoms with E-state index in [1.165, 1.54) is 35.8 Å². The number of hydrogen-bond acceptors (Lipinski definition) is 4. The van der Waals surface area contributed by atoms with Gasteiger partial charge in [0.15, 0.2) is 0 Å². The first kappa shape index (κ1) is 21.9. The van der Waals surface area contributed by atoms with Crippen molar-refractivity contribution in [2.24, 2.45) is 5.14 Å². The van der Waals surface area contributed by atoms with Crippen LogP contribution in [0.5, 0.6) is 5.75 Å². The van der Waals surface area contributed by atoms with Crippen molar-refractivity contribution in [2.45, 2.75) is 31.8 Å². The van der Waals surface area contributed by atoms with Crippen LogP contribution in [-0.2, 0) is 23.1 Å². The number of benzene rings is 2. The smallest absolute Gasteiger partial charge is 0.255 e. The van der Waals surface area contributed by atoms with Crippen molar-refractivity contribution in [1.82, 2.24) is 5.32 Å². The number of carbonyl (C=O) groups excluding carboxylic acids is 1. The summed E-state index contributed by atoms with van der Waals surface area (Å²) >= 11 is 0. The van der Waals surface area contributed by atoms with Gasteiger partial charge in [-0.2, -0.15) is 0 Å². The number of quaternary nitrogens is 1. The Labute approximate surface area is 166 Å². The molecule has 0 aromatic heterocycles. The molecule has 0 radical (unpaired) electrons. The van der Waals surface area contributed by atoms with Crippen LogP contribution in [0.3, 0.4) is 0 Å². The molecule has 7 nitrogen and oxygen atoms in total. The Balaban J connectivity index is 2.21. The topological polar surface area (TPSA) is 103 Å². The second-order valence-electron chi connectivity index (χ2n) is 6.49. The lowest BCUT2D eigenvalue weighted by Crippen LogP contribution is -3.10. The maximum atomic E-state index is 12.7. The van der Waals surface area contributed by atoms with Crippen LogP contribution in [0, 0.1) is 0 Å². The minimum Gasteiger partial charge on any atom is -0.496 e. The first-order valence-corrected chi connectivity index (χ1v) is 10.7. The Morgan fingerprint density at radius 1 is 1.11 bits per heavy atom. The lowest BCUT2D eigenvalue weighted by atomic mass is 10.1. The van der Waals surface area contributed by atoms with Crippen LogP contribution >= 0.6 is 0 Å². The van der Waals surface area contributed by atoms with Gasteiger partial charge in [-0.3, -0.25) is 4.79 Å². The molecule has 2 aromatic rings. The van der Waals surface area contributed by atoms with Gasteiger partial charge in [-0.15, -0.1) is 0 Å². The Morgan fingerprint density at radius 3 is 2.32 bits per heavy atom. The van der Waals surface area contributed by atoms with Crippen LogP contribution in [-0.4, -0.2) is 34.5 Å². The van der Waals surface area contributed by atoms with E-state index in [9.17, 15) is 13.2 Å². The van der Waals surface area contributed by atoms with Crippen LogP contribution in [0.1, 0.15) is 35.3 Å². The van der Waals surface area contributed by atoms with E-state index >= 15 is 0 Å². The summed E-state index contributed by atoms with van der Waals surface area (Å²) in [5.74, 6) is -0.141. The summed E-state index contributed by atoms with van der Waals surface area (Å²) in [6.07, 6.45) is 0. The molecule has 0 saturated carbocycles. The molecule has 0 aliphatic rings. The number of carbonyl (C=O) groups is 1. The average Bonchev–Trinajstić information content (AvgIpc) is 2.69. The normalized spacial score (nSPS) is 11.5. The Morgan fingerprint density at radius 2 is 1.75 bits per heavy atom. The van der Waals surface area contributed by atoms with Crippen LogP contribution in [0.2, 0.25) is 0 Å². The van der Waals surface area contributed by atoms with E-state index in [0.717, 1.165) is 25.2 Å². The summed E-state index contributed by atoms with van der Waals surface area (Å²) in [6.45, 7) is 7.55. The molecule has 152 valence electrons. The van der Waals surface area contributed by atoms with E-state index in [1.807, 2.05) is 18.2 Å². The molecule has 0 spiro atoms. The fourth-order valence-corrected chi connectivity index (χ4v) is 3.52. The van der Waals surface area contributed by atoms with Crippen LogP contribution in [0.25, 0.3) is 0 Å². The Bertz CT molecular complexity index is 925. The molecule has 0 heterocycles. The van der Waals surface area contributed by atoms with Crippen LogP contribution in [0.15, 0.2) is 47.4 Å². The lowest BCUT2D eigenvalue weighted by Gasteiger charge is -2.18. The molecule has 2 rings (SSSR count). The zero-order chi connectivity index (χ0) is 20.7. The van der Waals surface area contributed by atoms with Crippen molar-refractivity contribution in [3.8, 4) is 5.75 Å². The zero-order valence-electron chi connectivity index (χ0n) is 16.5. The van der Waals surface area contributed by atoms with Gasteiger partial charge in [0.25, 0.3) is 5.91 Å². The minimum atomic E-state index is -3.92. The van der Waals surface area contributed by atoms with E-state index in [2.05, 4.69) is 25.2 Å². The number of rotatable bonds is 9. The number of nitrogens with two attached hydrogens (primary N) is 1. The van der Waals surface area contributed by atoms with E-state index < -0.39 is 15.9 Å². The minimum absolute atomic E-state index is 0.126. The predicted octanol–water partition coefficient (Wildman–Crippen LogP) is 0.697. The summed E-state index contributed by atoms with van der Waals surface area (Å²) in [4.78, 5) is 14.0. The summed E-state index contributed by atoms with van der Waals surface area (Å²) in [5, 5.41) is 8.03. The molecular formula is C20H28N3O4S+. The highest BCUT2D eigenvalue weighted by Crippen LogP contribution is 2.22. The van der Waals surface area contributed by atoms with Crippen molar-refractivity contribution in [2.75, 3.05) is 20.2 Å². The molecule has 4 N–H and O–H groups in total. The Hall–Kier alpha value is -2.42. The van der Waals surface area contributed by atoms with Gasteiger partial charge in [0, 0.05) is 12.1 Å². The van der Waals surface area contributed by atoms with Gasteiger partial charge in [-0.25, -0.2) is 13.6 Å². The molecule has 0 fully saturated rings. The number of amides is 1. The highest BCUT2D eigenvalue weighted by molar-refractivity contribution is 7.89. The van der Waals surface area contributed by atoms with Gasteiger partial charge < -0.3 is 15.0 Å². The molecular weight excluding hydrogens is 378 g/mol. The third-order valence-corrected chi connectivity index (χ3v) is 5.65. The number of hydrogen-bond donors (Lipinski definition) is 3. The van der Waals surface area contributed by atoms with Crippen molar-refractivity contribution in [1.29, 1.82) is 0 Å². The number of sulfonamides is 1. The van der Waals surface area contributed by atoms with Gasteiger partial charge in [-0.1, -0.05) is 24.3 Å². The molecule has 0 aliphatic heterocycles. The molecule has 8 heteroatoms. The lowest BCUT2D eigenvalue weighted by molar-refractivity contribution is -0.910. The fourth-order valence-electron chi connectivity index (χ4n) is 2.98. The zero-order valence-corrected chi connectivity index (χ0v) is 17.3. The molecule has 0 saturated heterocycles. The van der Waals surface area contributed by atoms with Gasteiger partial charge in [0.05, 0.1) is 30.7 Å². The second kappa shape index (κ2) is 9.68. The van der Waals surface area contributed by atoms with Crippen molar-refractivity contribution in [3.63, 3.8) is 0 Å². The van der Waals surface area contributed by atoms with Gasteiger partial charge in [0.1, 0.15) is 12.3 Å². The standard InChI is InChI=1S/C20H27N3O4S/c1-4-23(5-2)14-16-9-7-6-8-15(16)13-22-20(24)18-12-17(28(21,25)26)10-11-19(18)27-3/h6-12H,4-5,13-14H2,1-3H3,(H,22,24)(H2,21,25,26)/p+1. The molecule has 0 aliphatic carbocycles. The van der Waals surface area contributed by atoms with Crippen LogP contribution in [0.4, 0.5) is 0 Å². The SMILES string of the molecule is CC[NH+](CC)Cc1ccccc1CNC(=O)c1cc(S(N)(=O)=O)ccc1OC.